The SMILES string of the molecule is COc1ccc(C(=O)Cc2csc(N)n2)c(OC)c1. The molecule has 1 heterocycles. The van der Waals surface area contributed by atoms with Crippen LogP contribution in [0.25, 0.3) is 0 Å². The number of hydrogen-bond acceptors (Lipinski definition) is 6. The van der Waals surface area contributed by atoms with Gasteiger partial charge in [-0.2, -0.15) is 0 Å². The van der Waals surface area contributed by atoms with Crippen LogP contribution in [0.3, 0.4) is 0 Å². The highest BCUT2D eigenvalue weighted by Gasteiger charge is 2.15. The molecule has 0 amide bonds. The Hall–Kier alpha value is -2.08. The van der Waals surface area contributed by atoms with Crippen LogP contribution < -0.4 is 15.2 Å². The zero-order chi connectivity index (χ0) is 13.8. The van der Waals surface area contributed by atoms with E-state index in [1.165, 1.54) is 18.4 Å². The Labute approximate surface area is 115 Å². The number of carbonyl (C=O) groups excluding carboxylic acids is 1. The van der Waals surface area contributed by atoms with Crippen molar-refractivity contribution in [2.75, 3.05) is 20.0 Å². The van der Waals surface area contributed by atoms with Gasteiger partial charge in [0.1, 0.15) is 11.5 Å². The van der Waals surface area contributed by atoms with Crippen LogP contribution in [0.1, 0.15) is 16.1 Å². The molecule has 0 fully saturated rings. The lowest BCUT2D eigenvalue weighted by Crippen LogP contribution is -2.06. The van der Waals surface area contributed by atoms with E-state index in [-0.39, 0.29) is 12.2 Å². The predicted octanol–water partition coefficient (Wildman–Crippen LogP) is 2.17. The van der Waals surface area contributed by atoms with Crippen LogP contribution in [0.5, 0.6) is 11.5 Å². The number of hydrogen-bond donors (Lipinski definition) is 1. The molecule has 6 heteroatoms. The van der Waals surface area contributed by atoms with Crippen LogP contribution >= 0.6 is 11.3 Å². The number of ether oxygens (including phenoxy) is 2. The van der Waals surface area contributed by atoms with Crippen molar-refractivity contribution < 1.29 is 14.3 Å². The summed E-state index contributed by atoms with van der Waals surface area (Å²) >= 11 is 1.32. The molecule has 0 spiro atoms. The van der Waals surface area contributed by atoms with Gasteiger partial charge in [0.2, 0.25) is 0 Å². The number of ketones is 1. The summed E-state index contributed by atoms with van der Waals surface area (Å²) in [6.45, 7) is 0. The van der Waals surface area contributed by atoms with Crippen molar-refractivity contribution in [2.45, 2.75) is 6.42 Å². The summed E-state index contributed by atoms with van der Waals surface area (Å²) in [7, 11) is 3.08. The Morgan fingerprint density at radius 3 is 2.74 bits per heavy atom. The van der Waals surface area contributed by atoms with Gasteiger partial charge in [-0.15, -0.1) is 11.3 Å². The van der Waals surface area contributed by atoms with Crippen molar-refractivity contribution in [1.82, 2.24) is 4.98 Å². The lowest BCUT2D eigenvalue weighted by Gasteiger charge is -2.08. The van der Waals surface area contributed by atoms with Crippen molar-refractivity contribution in [3.05, 3.63) is 34.8 Å². The molecule has 1 aromatic heterocycles. The van der Waals surface area contributed by atoms with Gasteiger partial charge in [0, 0.05) is 11.4 Å². The van der Waals surface area contributed by atoms with Gasteiger partial charge in [-0.3, -0.25) is 4.79 Å². The standard InChI is InChI=1S/C13H14N2O3S/c1-17-9-3-4-10(12(6-9)18-2)11(16)5-8-7-19-13(14)15-8/h3-4,6-7H,5H2,1-2H3,(H2,14,15). The van der Waals surface area contributed by atoms with Gasteiger partial charge in [-0.25, -0.2) is 4.98 Å². The van der Waals surface area contributed by atoms with E-state index in [2.05, 4.69) is 4.98 Å². The predicted molar refractivity (Wildman–Crippen MR) is 74.1 cm³/mol. The molecule has 100 valence electrons. The normalized spacial score (nSPS) is 10.2. The van der Waals surface area contributed by atoms with Gasteiger partial charge in [-0.05, 0) is 12.1 Å². The van der Waals surface area contributed by atoms with E-state index in [1.807, 2.05) is 0 Å². The van der Waals surface area contributed by atoms with Crippen LogP contribution in [-0.4, -0.2) is 25.0 Å². The van der Waals surface area contributed by atoms with E-state index >= 15 is 0 Å². The van der Waals surface area contributed by atoms with Gasteiger partial charge < -0.3 is 15.2 Å². The van der Waals surface area contributed by atoms with E-state index in [4.69, 9.17) is 15.2 Å². The zero-order valence-corrected chi connectivity index (χ0v) is 11.5. The van der Waals surface area contributed by atoms with Crippen LogP contribution in [0.2, 0.25) is 0 Å². The summed E-state index contributed by atoms with van der Waals surface area (Å²) in [6, 6.07) is 5.10. The fraction of sp³-hybridized carbons (Fsp3) is 0.231. The molecule has 0 aliphatic rings. The van der Waals surface area contributed by atoms with E-state index < -0.39 is 0 Å². The zero-order valence-electron chi connectivity index (χ0n) is 10.7. The number of anilines is 1. The van der Waals surface area contributed by atoms with Gasteiger partial charge in [0.05, 0.1) is 31.9 Å². The molecule has 19 heavy (non-hydrogen) atoms. The third-order valence-corrected chi connectivity index (χ3v) is 3.34. The summed E-state index contributed by atoms with van der Waals surface area (Å²) in [5, 5.41) is 2.24. The maximum atomic E-state index is 12.2. The molecule has 0 radical (unpaired) electrons. The molecule has 0 atom stereocenters. The number of benzene rings is 1. The largest absolute Gasteiger partial charge is 0.497 e. The fourth-order valence-electron chi connectivity index (χ4n) is 1.69. The second kappa shape index (κ2) is 5.71. The molecule has 5 nitrogen and oxygen atoms in total. The molecule has 1 aromatic carbocycles. The first-order valence-corrected chi connectivity index (χ1v) is 6.47. The highest BCUT2D eigenvalue weighted by atomic mass is 32.1. The molecule has 0 unspecified atom stereocenters. The minimum atomic E-state index is -0.0650. The summed E-state index contributed by atoms with van der Waals surface area (Å²) in [6.07, 6.45) is 0.205. The maximum Gasteiger partial charge on any atom is 0.180 e. The average Bonchev–Trinajstić information content (AvgIpc) is 2.83. The van der Waals surface area contributed by atoms with E-state index in [1.54, 1.807) is 30.7 Å². The highest BCUT2D eigenvalue weighted by molar-refractivity contribution is 7.13. The minimum absolute atomic E-state index is 0.0650. The van der Waals surface area contributed by atoms with Crippen LogP contribution in [0, 0.1) is 0 Å². The number of aromatic nitrogens is 1. The molecule has 2 aromatic rings. The number of rotatable bonds is 5. The van der Waals surface area contributed by atoms with Crippen LogP contribution in [-0.2, 0) is 6.42 Å². The summed E-state index contributed by atoms with van der Waals surface area (Å²) < 4.78 is 10.3. The molecule has 0 bridgehead atoms. The number of methoxy groups -OCH3 is 2. The van der Waals surface area contributed by atoms with Crippen molar-refractivity contribution in [3.8, 4) is 11.5 Å². The molecule has 2 N–H and O–H groups in total. The smallest absolute Gasteiger partial charge is 0.180 e. The van der Waals surface area contributed by atoms with Crippen molar-refractivity contribution in [3.63, 3.8) is 0 Å². The number of nitrogen functional groups attached to an aromatic ring is 1. The summed E-state index contributed by atoms with van der Waals surface area (Å²) in [5.41, 5.74) is 6.72. The number of thiazole rings is 1. The van der Waals surface area contributed by atoms with Crippen molar-refractivity contribution >= 4 is 22.3 Å². The third kappa shape index (κ3) is 3.03. The average molecular weight is 278 g/mol. The lowest BCUT2D eigenvalue weighted by molar-refractivity contribution is 0.0989. The quantitative estimate of drug-likeness (QED) is 0.848. The Morgan fingerprint density at radius 1 is 1.37 bits per heavy atom. The van der Waals surface area contributed by atoms with Crippen molar-refractivity contribution in [2.24, 2.45) is 0 Å². The number of Topliss-reactive ketones (excluding diaryl/α,β-unsaturated/α-hetero) is 1. The van der Waals surface area contributed by atoms with Crippen LogP contribution in [0.4, 0.5) is 5.13 Å². The van der Waals surface area contributed by atoms with Gasteiger partial charge in [0.25, 0.3) is 0 Å². The summed E-state index contributed by atoms with van der Waals surface area (Å²) in [5.74, 6) is 1.07. The van der Waals surface area contributed by atoms with E-state index in [0.717, 1.165) is 0 Å². The molecular weight excluding hydrogens is 264 g/mol. The monoisotopic (exact) mass is 278 g/mol. The Bertz CT molecular complexity index is 595. The number of nitrogens with zero attached hydrogens (tertiary/aromatic N) is 1. The highest BCUT2D eigenvalue weighted by Crippen LogP contribution is 2.26. The van der Waals surface area contributed by atoms with Gasteiger partial charge in [-0.1, -0.05) is 0 Å². The van der Waals surface area contributed by atoms with Crippen LogP contribution in [0.15, 0.2) is 23.6 Å². The first kappa shape index (κ1) is 13.4. The molecule has 0 aliphatic carbocycles. The Morgan fingerprint density at radius 2 is 2.16 bits per heavy atom. The summed E-state index contributed by atoms with van der Waals surface area (Å²) in [4.78, 5) is 16.3. The molecule has 2 rings (SSSR count). The maximum absolute atomic E-state index is 12.2. The number of nitrogens with two attached hydrogens (primary N) is 1. The molecule has 0 saturated carbocycles. The second-order valence-electron chi connectivity index (χ2n) is 3.84. The Kier molecular flexibility index (Phi) is 4.01. The number of carbonyl (C=O) groups is 1. The second-order valence-corrected chi connectivity index (χ2v) is 4.73. The van der Waals surface area contributed by atoms with Gasteiger partial charge >= 0.3 is 0 Å². The third-order valence-electron chi connectivity index (χ3n) is 2.62. The lowest BCUT2D eigenvalue weighted by atomic mass is 10.1. The Balaban J connectivity index is 2.23. The molecule has 0 aliphatic heterocycles. The van der Waals surface area contributed by atoms with Crippen molar-refractivity contribution in [1.29, 1.82) is 0 Å². The molecular formula is C13H14N2O3S. The topological polar surface area (TPSA) is 74.4 Å². The van der Waals surface area contributed by atoms with E-state index in [9.17, 15) is 4.79 Å². The van der Waals surface area contributed by atoms with Gasteiger partial charge in [0.15, 0.2) is 10.9 Å². The first-order chi connectivity index (χ1) is 9.13. The first-order valence-electron chi connectivity index (χ1n) is 5.59. The fourth-order valence-corrected chi connectivity index (χ4v) is 2.26. The molecule has 0 saturated heterocycles. The minimum Gasteiger partial charge on any atom is -0.497 e. The van der Waals surface area contributed by atoms with E-state index in [0.29, 0.717) is 27.9 Å².